The maximum atomic E-state index is 12.0. The lowest BCUT2D eigenvalue weighted by molar-refractivity contribution is -0.122. The molecule has 0 aliphatic heterocycles. The van der Waals surface area contributed by atoms with Gasteiger partial charge >= 0.3 is 5.97 Å². The van der Waals surface area contributed by atoms with Gasteiger partial charge in [-0.25, -0.2) is 9.78 Å². The third kappa shape index (κ3) is 7.53. The molecule has 1 aromatic rings. The van der Waals surface area contributed by atoms with Gasteiger partial charge in [-0.1, -0.05) is 0 Å². The third-order valence-electron chi connectivity index (χ3n) is 3.97. The van der Waals surface area contributed by atoms with Gasteiger partial charge in [0, 0.05) is 19.0 Å². The SMILES string of the molecule is CCNC(=NCCNC(=O)C1CC1)NC(C)c1nc(C)c(C(=O)OCC)s1.I. The maximum Gasteiger partial charge on any atom is 0.350 e. The Morgan fingerprint density at radius 3 is 2.64 bits per heavy atom. The van der Waals surface area contributed by atoms with E-state index in [2.05, 4.69) is 25.9 Å². The summed E-state index contributed by atoms with van der Waals surface area (Å²) in [6.45, 7) is 9.62. The second kappa shape index (κ2) is 12.2. The van der Waals surface area contributed by atoms with Crippen LogP contribution in [0.25, 0.3) is 0 Å². The summed E-state index contributed by atoms with van der Waals surface area (Å²) in [5, 5.41) is 10.2. The Morgan fingerprint density at radius 1 is 1.32 bits per heavy atom. The molecule has 28 heavy (non-hydrogen) atoms. The summed E-state index contributed by atoms with van der Waals surface area (Å²) >= 11 is 1.33. The van der Waals surface area contributed by atoms with Gasteiger partial charge in [0.05, 0.1) is 24.9 Å². The number of thiazole rings is 1. The van der Waals surface area contributed by atoms with Gasteiger partial charge in [0.25, 0.3) is 0 Å². The Balaban J connectivity index is 0.00000392. The normalized spacial score (nSPS) is 14.6. The molecule has 10 heteroatoms. The lowest BCUT2D eigenvalue weighted by Crippen LogP contribution is -2.39. The largest absolute Gasteiger partial charge is 0.462 e. The van der Waals surface area contributed by atoms with Crippen molar-refractivity contribution in [3.05, 3.63) is 15.6 Å². The van der Waals surface area contributed by atoms with Gasteiger partial charge in [-0.05, 0) is 40.5 Å². The quantitative estimate of drug-likeness (QED) is 0.151. The van der Waals surface area contributed by atoms with Crippen LogP contribution in [0.15, 0.2) is 4.99 Å². The number of guanidine groups is 1. The summed E-state index contributed by atoms with van der Waals surface area (Å²) in [4.78, 5) is 33.1. The molecule has 0 saturated heterocycles. The van der Waals surface area contributed by atoms with E-state index in [4.69, 9.17) is 4.74 Å². The van der Waals surface area contributed by atoms with Crippen molar-refractivity contribution in [3.8, 4) is 0 Å². The number of carbonyl (C=O) groups excluding carboxylic acids is 2. The van der Waals surface area contributed by atoms with Gasteiger partial charge in [-0.15, -0.1) is 35.3 Å². The van der Waals surface area contributed by atoms with E-state index in [9.17, 15) is 9.59 Å². The number of esters is 1. The zero-order valence-electron chi connectivity index (χ0n) is 16.8. The van der Waals surface area contributed by atoms with Crippen molar-refractivity contribution in [2.24, 2.45) is 10.9 Å². The predicted octanol–water partition coefficient (Wildman–Crippen LogP) is 2.39. The Labute approximate surface area is 187 Å². The first-order valence-electron chi connectivity index (χ1n) is 9.43. The van der Waals surface area contributed by atoms with Crippen LogP contribution >= 0.6 is 35.3 Å². The van der Waals surface area contributed by atoms with Crippen LogP contribution in [0.3, 0.4) is 0 Å². The van der Waals surface area contributed by atoms with Crippen LogP contribution in [-0.2, 0) is 9.53 Å². The van der Waals surface area contributed by atoms with Crippen molar-refractivity contribution < 1.29 is 14.3 Å². The number of aromatic nitrogens is 1. The predicted molar refractivity (Wildman–Crippen MR) is 121 cm³/mol. The number of nitrogens with one attached hydrogen (secondary N) is 3. The average Bonchev–Trinajstić information content (AvgIpc) is 3.40. The minimum Gasteiger partial charge on any atom is -0.462 e. The van der Waals surface area contributed by atoms with E-state index >= 15 is 0 Å². The monoisotopic (exact) mass is 523 g/mol. The van der Waals surface area contributed by atoms with Crippen LogP contribution in [-0.4, -0.2) is 49.1 Å². The molecule has 0 bridgehead atoms. The highest BCUT2D eigenvalue weighted by atomic mass is 127. The number of halogens is 1. The van der Waals surface area contributed by atoms with Gasteiger partial charge in [-0.2, -0.15) is 0 Å². The molecule has 2 rings (SSSR count). The first-order chi connectivity index (χ1) is 13.0. The van der Waals surface area contributed by atoms with E-state index in [1.165, 1.54) is 11.3 Å². The highest BCUT2D eigenvalue weighted by Crippen LogP contribution is 2.28. The second-order valence-corrected chi connectivity index (χ2v) is 7.41. The molecule has 0 radical (unpaired) electrons. The van der Waals surface area contributed by atoms with Crippen molar-refractivity contribution in [1.82, 2.24) is 20.9 Å². The number of rotatable bonds is 9. The smallest absolute Gasteiger partial charge is 0.350 e. The molecular weight excluding hydrogens is 493 g/mol. The number of ether oxygens (including phenoxy) is 1. The standard InChI is InChI=1S/C18H29N5O3S.HI/c1-5-19-18(21-10-9-20-15(24)13-7-8-13)23-12(4)16-22-11(3)14(27-16)17(25)26-6-2;/h12-13H,5-10H2,1-4H3,(H,20,24)(H2,19,21,23);1H. The number of hydrogen-bond acceptors (Lipinski definition) is 6. The average molecular weight is 523 g/mol. The van der Waals surface area contributed by atoms with E-state index in [1.54, 1.807) is 13.8 Å². The van der Waals surface area contributed by atoms with Gasteiger partial charge in [0.2, 0.25) is 5.91 Å². The van der Waals surface area contributed by atoms with Crippen LogP contribution in [0.4, 0.5) is 0 Å². The fourth-order valence-electron chi connectivity index (χ4n) is 2.41. The molecule has 0 spiro atoms. The molecule has 1 aromatic heterocycles. The fraction of sp³-hybridized carbons (Fsp3) is 0.667. The van der Waals surface area contributed by atoms with Crippen molar-refractivity contribution in [3.63, 3.8) is 0 Å². The van der Waals surface area contributed by atoms with Crippen LogP contribution < -0.4 is 16.0 Å². The van der Waals surface area contributed by atoms with Crippen LogP contribution in [0, 0.1) is 12.8 Å². The number of nitrogens with zero attached hydrogens (tertiary/aromatic N) is 2. The zero-order valence-corrected chi connectivity index (χ0v) is 20.0. The molecule has 1 aliphatic rings. The maximum absolute atomic E-state index is 12.0. The van der Waals surface area contributed by atoms with Crippen molar-refractivity contribution in [2.75, 3.05) is 26.2 Å². The Bertz CT molecular complexity index is 691. The lowest BCUT2D eigenvalue weighted by atomic mass is 10.3. The number of aliphatic imine (C=N–C) groups is 1. The second-order valence-electron chi connectivity index (χ2n) is 6.38. The summed E-state index contributed by atoms with van der Waals surface area (Å²) in [5.41, 5.74) is 0.673. The van der Waals surface area contributed by atoms with Crippen molar-refractivity contribution >= 4 is 53.1 Å². The first-order valence-corrected chi connectivity index (χ1v) is 10.2. The Hall–Kier alpha value is -1.43. The topological polar surface area (TPSA) is 105 Å². The highest BCUT2D eigenvalue weighted by Gasteiger charge is 2.29. The number of amides is 1. The minimum absolute atomic E-state index is 0. The summed E-state index contributed by atoms with van der Waals surface area (Å²) in [6, 6.07) is -0.115. The first kappa shape index (κ1) is 24.6. The molecule has 1 heterocycles. The number of aryl methyl sites for hydroxylation is 1. The summed E-state index contributed by atoms with van der Waals surface area (Å²) < 4.78 is 5.07. The van der Waals surface area contributed by atoms with Crippen LogP contribution in [0.5, 0.6) is 0 Å². The lowest BCUT2D eigenvalue weighted by Gasteiger charge is -2.16. The Kier molecular flexibility index (Phi) is 10.7. The van der Waals surface area contributed by atoms with E-state index in [1.807, 2.05) is 13.8 Å². The zero-order chi connectivity index (χ0) is 19.8. The van der Waals surface area contributed by atoms with Gasteiger partial charge in [-0.3, -0.25) is 9.79 Å². The molecule has 1 atom stereocenters. The van der Waals surface area contributed by atoms with E-state index in [0.717, 1.165) is 24.4 Å². The molecule has 1 amide bonds. The fourth-order valence-corrected chi connectivity index (χ4v) is 3.38. The van der Waals surface area contributed by atoms with Gasteiger partial charge in [0.1, 0.15) is 9.88 Å². The molecule has 8 nitrogen and oxygen atoms in total. The van der Waals surface area contributed by atoms with Crippen molar-refractivity contribution in [2.45, 2.75) is 46.6 Å². The van der Waals surface area contributed by atoms with Gasteiger partial charge in [0.15, 0.2) is 5.96 Å². The molecule has 3 N–H and O–H groups in total. The van der Waals surface area contributed by atoms with Crippen molar-refractivity contribution in [1.29, 1.82) is 0 Å². The van der Waals surface area contributed by atoms with E-state index in [-0.39, 0.29) is 47.8 Å². The van der Waals surface area contributed by atoms with Gasteiger partial charge < -0.3 is 20.7 Å². The number of carbonyl (C=O) groups is 2. The summed E-state index contributed by atoms with van der Waals surface area (Å²) in [5.74, 6) is 0.650. The summed E-state index contributed by atoms with van der Waals surface area (Å²) in [7, 11) is 0. The molecule has 0 aromatic carbocycles. The van der Waals surface area contributed by atoms with E-state index < -0.39 is 0 Å². The van der Waals surface area contributed by atoms with Crippen LogP contribution in [0.2, 0.25) is 0 Å². The minimum atomic E-state index is -0.335. The highest BCUT2D eigenvalue weighted by molar-refractivity contribution is 14.0. The molecular formula is C18H30IN5O3S. The summed E-state index contributed by atoms with van der Waals surface area (Å²) in [6.07, 6.45) is 2.00. The molecule has 1 unspecified atom stereocenters. The van der Waals surface area contributed by atoms with E-state index in [0.29, 0.717) is 36.2 Å². The molecule has 1 aliphatic carbocycles. The van der Waals surface area contributed by atoms with Crippen LogP contribution in [0.1, 0.15) is 60.0 Å². The third-order valence-corrected chi connectivity index (χ3v) is 5.29. The molecule has 158 valence electrons. The molecule has 1 fully saturated rings. The molecule has 1 saturated carbocycles. The Morgan fingerprint density at radius 2 is 2.04 bits per heavy atom. The number of hydrogen-bond donors (Lipinski definition) is 3.